The summed E-state index contributed by atoms with van der Waals surface area (Å²) < 4.78 is 5.31. The Labute approximate surface area is 116 Å². The van der Waals surface area contributed by atoms with Gasteiger partial charge < -0.3 is 14.7 Å². The fourth-order valence-electron chi connectivity index (χ4n) is 2.01. The third kappa shape index (κ3) is 2.66. The Morgan fingerprint density at radius 1 is 1.32 bits per heavy atom. The van der Waals surface area contributed by atoms with E-state index in [-0.39, 0.29) is 6.54 Å². The molecular weight excluding hydrogens is 262 g/mol. The molecule has 0 unspecified atom stereocenters. The Kier molecular flexibility index (Phi) is 3.97. The summed E-state index contributed by atoms with van der Waals surface area (Å²) in [7, 11) is 1.61. The SMILES string of the molecule is COc1ccc(N(C=S)CC(=O)O)c2ccccc12. The minimum Gasteiger partial charge on any atom is -0.496 e. The number of carboxylic acids is 1. The number of methoxy groups -OCH3 is 1. The highest BCUT2D eigenvalue weighted by atomic mass is 32.1. The topological polar surface area (TPSA) is 49.8 Å². The van der Waals surface area contributed by atoms with Gasteiger partial charge in [-0.25, -0.2) is 0 Å². The summed E-state index contributed by atoms with van der Waals surface area (Å²) in [6.07, 6.45) is 0. The zero-order valence-corrected chi connectivity index (χ0v) is 11.2. The van der Waals surface area contributed by atoms with E-state index in [2.05, 4.69) is 0 Å². The molecule has 4 nitrogen and oxygen atoms in total. The fraction of sp³-hybridized carbons (Fsp3) is 0.143. The van der Waals surface area contributed by atoms with Crippen molar-refractivity contribution >= 4 is 40.1 Å². The molecule has 0 aliphatic rings. The van der Waals surface area contributed by atoms with Crippen LogP contribution in [0.15, 0.2) is 36.4 Å². The zero-order valence-electron chi connectivity index (χ0n) is 10.4. The predicted octanol–water partition coefficient (Wildman–Crippen LogP) is 2.70. The number of ether oxygens (including phenoxy) is 1. The average molecular weight is 275 g/mol. The number of anilines is 1. The lowest BCUT2D eigenvalue weighted by Crippen LogP contribution is -2.27. The van der Waals surface area contributed by atoms with E-state index in [4.69, 9.17) is 22.1 Å². The summed E-state index contributed by atoms with van der Waals surface area (Å²) in [5, 5.41) is 10.7. The Morgan fingerprint density at radius 2 is 2.00 bits per heavy atom. The number of carboxylic acid groups (broad SMARTS) is 1. The first kappa shape index (κ1) is 13.3. The molecule has 2 aromatic rings. The van der Waals surface area contributed by atoms with Gasteiger partial charge in [0, 0.05) is 10.8 Å². The fourth-order valence-corrected chi connectivity index (χ4v) is 2.20. The van der Waals surface area contributed by atoms with Gasteiger partial charge in [0.25, 0.3) is 0 Å². The maximum absolute atomic E-state index is 10.9. The number of thiocarbonyl (C=S) groups is 1. The van der Waals surface area contributed by atoms with Crippen molar-refractivity contribution in [2.45, 2.75) is 0 Å². The molecule has 98 valence electrons. The first-order valence-electron chi connectivity index (χ1n) is 5.67. The van der Waals surface area contributed by atoms with Gasteiger partial charge in [-0.05, 0) is 12.1 Å². The second kappa shape index (κ2) is 5.67. The van der Waals surface area contributed by atoms with Gasteiger partial charge in [0.15, 0.2) is 0 Å². The van der Waals surface area contributed by atoms with Gasteiger partial charge >= 0.3 is 5.97 Å². The number of nitrogens with zero attached hydrogens (tertiary/aromatic N) is 1. The molecule has 0 aromatic heterocycles. The molecule has 0 aliphatic heterocycles. The van der Waals surface area contributed by atoms with Gasteiger partial charge in [-0.3, -0.25) is 4.79 Å². The van der Waals surface area contributed by atoms with Gasteiger partial charge in [0.1, 0.15) is 12.3 Å². The Bertz CT molecular complexity index is 627. The molecule has 0 saturated carbocycles. The van der Waals surface area contributed by atoms with Gasteiger partial charge in [0.2, 0.25) is 0 Å². The van der Waals surface area contributed by atoms with Crippen LogP contribution in [0.1, 0.15) is 0 Å². The van der Waals surface area contributed by atoms with E-state index in [9.17, 15) is 4.79 Å². The summed E-state index contributed by atoms with van der Waals surface area (Å²) in [4.78, 5) is 12.4. The summed E-state index contributed by atoms with van der Waals surface area (Å²) in [6, 6.07) is 11.3. The molecule has 1 N–H and O–H groups in total. The summed E-state index contributed by atoms with van der Waals surface area (Å²) in [5.41, 5.74) is 2.11. The van der Waals surface area contributed by atoms with E-state index >= 15 is 0 Å². The zero-order chi connectivity index (χ0) is 13.8. The van der Waals surface area contributed by atoms with E-state index < -0.39 is 5.97 Å². The number of rotatable bonds is 5. The largest absolute Gasteiger partial charge is 0.496 e. The van der Waals surface area contributed by atoms with E-state index in [0.717, 1.165) is 22.2 Å². The van der Waals surface area contributed by atoms with E-state index in [0.29, 0.717) is 0 Å². The van der Waals surface area contributed by atoms with Crippen molar-refractivity contribution in [2.24, 2.45) is 0 Å². The lowest BCUT2D eigenvalue weighted by atomic mass is 10.1. The maximum Gasteiger partial charge on any atom is 0.323 e. The Balaban J connectivity index is 2.60. The molecule has 0 heterocycles. The maximum atomic E-state index is 10.9. The third-order valence-corrected chi connectivity index (χ3v) is 3.08. The van der Waals surface area contributed by atoms with Crippen molar-refractivity contribution in [1.29, 1.82) is 0 Å². The highest BCUT2D eigenvalue weighted by Gasteiger charge is 2.13. The van der Waals surface area contributed by atoms with Crippen molar-refractivity contribution in [3.05, 3.63) is 36.4 Å². The molecule has 0 amide bonds. The van der Waals surface area contributed by atoms with Crippen LogP contribution in [0, 0.1) is 0 Å². The minimum atomic E-state index is -0.930. The van der Waals surface area contributed by atoms with Crippen molar-refractivity contribution in [1.82, 2.24) is 0 Å². The van der Waals surface area contributed by atoms with Crippen LogP contribution >= 0.6 is 12.2 Å². The predicted molar refractivity (Wildman–Crippen MR) is 79.1 cm³/mol. The highest BCUT2D eigenvalue weighted by molar-refractivity contribution is 7.79. The van der Waals surface area contributed by atoms with Gasteiger partial charge in [-0.2, -0.15) is 0 Å². The molecule has 2 aromatic carbocycles. The standard InChI is InChI=1S/C14H13NO3S/c1-18-13-7-6-12(15(9-19)8-14(16)17)10-4-2-3-5-11(10)13/h2-7,9H,8H2,1H3,(H,16,17). The normalized spacial score (nSPS) is 10.2. The average Bonchev–Trinajstić information content (AvgIpc) is 2.43. The van der Waals surface area contributed by atoms with E-state index in [1.165, 1.54) is 10.4 Å². The summed E-state index contributed by atoms with van der Waals surface area (Å²) in [5.74, 6) is -0.181. The third-order valence-electron chi connectivity index (χ3n) is 2.82. The molecule has 19 heavy (non-hydrogen) atoms. The molecule has 0 radical (unpaired) electrons. The van der Waals surface area contributed by atoms with Crippen molar-refractivity contribution < 1.29 is 14.6 Å². The van der Waals surface area contributed by atoms with Crippen molar-refractivity contribution in [3.63, 3.8) is 0 Å². The molecule has 5 heteroatoms. The molecular formula is C14H13NO3S. The smallest absolute Gasteiger partial charge is 0.323 e. The Hall–Kier alpha value is -2.14. The first-order valence-corrected chi connectivity index (χ1v) is 6.14. The molecule has 0 aliphatic carbocycles. The lowest BCUT2D eigenvalue weighted by Gasteiger charge is -2.19. The molecule has 0 bridgehead atoms. The van der Waals surface area contributed by atoms with Gasteiger partial charge in [-0.1, -0.05) is 36.5 Å². The van der Waals surface area contributed by atoms with Crippen LogP contribution in [0.3, 0.4) is 0 Å². The molecule has 0 fully saturated rings. The number of fused-ring (bicyclic) bond motifs is 1. The van der Waals surface area contributed by atoms with Crippen molar-refractivity contribution in [2.75, 3.05) is 18.6 Å². The number of carbonyl (C=O) groups is 1. The van der Waals surface area contributed by atoms with Crippen molar-refractivity contribution in [3.8, 4) is 5.75 Å². The van der Waals surface area contributed by atoms with E-state index in [1.54, 1.807) is 7.11 Å². The van der Waals surface area contributed by atoms with Crippen LogP contribution in [0.4, 0.5) is 5.69 Å². The molecule has 2 rings (SSSR count). The quantitative estimate of drug-likeness (QED) is 0.850. The second-order valence-corrected chi connectivity index (χ2v) is 4.17. The number of hydrogen-bond acceptors (Lipinski definition) is 3. The van der Waals surface area contributed by atoms with E-state index in [1.807, 2.05) is 36.4 Å². The molecule has 0 saturated heterocycles. The molecule has 0 atom stereocenters. The Morgan fingerprint density at radius 3 is 2.58 bits per heavy atom. The first-order chi connectivity index (χ1) is 9.17. The molecule has 0 spiro atoms. The van der Waals surface area contributed by atoms with Crippen LogP contribution in [-0.2, 0) is 4.79 Å². The summed E-state index contributed by atoms with van der Waals surface area (Å²) >= 11 is 4.90. The number of benzene rings is 2. The van der Waals surface area contributed by atoms with Gasteiger partial charge in [-0.15, -0.1) is 0 Å². The van der Waals surface area contributed by atoms with Crippen LogP contribution in [0.2, 0.25) is 0 Å². The van der Waals surface area contributed by atoms with Crippen LogP contribution in [0.25, 0.3) is 10.8 Å². The van der Waals surface area contributed by atoms with Crippen LogP contribution in [0.5, 0.6) is 5.75 Å². The minimum absolute atomic E-state index is 0.167. The summed E-state index contributed by atoms with van der Waals surface area (Å²) in [6.45, 7) is -0.167. The highest BCUT2D eigenvalue weighted by Crippen LogP contribution is 2.33. The number of aliphatic carboxylic acids is 1. The van der Waals surface area contributed by atoms with Crippen LogP contribution in [-0.4, -0.2) is 30.2 Å². The van der Waals surface area contributed by atoms with Crippen LogP contribution < -0.4 is 9.64 Å². The number of hydrogen-bond donors (Lipinski definition) is 1. The lowest BCUT2D eigenvalue weighted by molar-refractivity contribution is -0.135. The monoisotopic (exact) mass is 275 g/mol. The van der Waals surface area contributed by atoms with Gasteiger partial charge in [0.05, 0.1) is 18.3 Å². The second-order valence-electron chi connectivity index (χ2n) is 3.96.